The van der Waals surface area contributed by atoms with Gasteiger partial charge in [0, 0.05) is 6.54 Å². The van der Waals surface area contributed by atoms with E-state index in [1.807, 2.05) is 20.8 Å². The molecule has 1 unspecified atom stereocenters. The van der Waals surface area contributed by atoms with Crippen LogP contribution in [0.4, 0.5) is 4.79 Å². The molecule has 0 fully saturated rings. The zero-order chi connectivity index (χ0) is 12.3. The molecule has 90 valence electrons. The van der Waals surface area contributed by atoms with Crippen molar-refractivity contribution in [3.05, 3.63) is 24.3 Å². The summed E-state index contributed by atoms with van der Waals surface area (Å²) in [6, 6.07) is 0. The van der Waals surface area contributed by atoms with Crippen molar-refractivity contribution in [3.63, 3.8) is 0 Å². The Hall–Kier alpha value is -1.29. The Kier molecular flexibility index (Phi) is 3.75. The minimum Gasteiger partial charge on any atom is -0.444 e. The fraction of sp³-hybridized carbons (Fsp3) is 0.583. The predicted octanol–water partition coefficient (Wildman–Crippen LogP) is 1.71. The van der Waals surface area contributed by atoms with Gasteiger partial charge in [-0.05, 0) is 32.4 Å². The molecule has 0 aromatic rings. The fourth-order valence-corrected chi connectivity index (χ4v) is 1.46. The molecule has 1 aliphatic heterocycles. The molecular weight excluding hydrogens is 206 g/mol. The van der Waals surface area contributed by atoms with Gasteiger partial charge >= 0.3 is 6.09 Å². The van der Waals surface area contributed by atoms with Gasteiger partial charge < -0.3 is 14.7 Å². The maximum atomic E-state index is 11.8. The van der Waals surface area contributed by atoms with Crippen LogP contribution in [0.2, 0.25) is 0 Å². The molecule has 0 aromatic heterocycles. The molecule has 0 saturated carbocycles. The Morgan fingerprint density at radius 2 is 2.31 bits per heavy atom. The van der Waals surface area contributed by atoms with Crippen LogP contribution < -0.4 is 0 Å². The number of amides is 1. The summed E-state index contributed by atoms with van der Waals surface area (Å²) in [7, 11) is 0. The molecular formula is C12H19NO3. The molecule has 1 aliphatic rings. The quantitative estimate of drug-likeness (QED) is 0.739. The topological polar surface area (TPSA) is 49.8 Å². The molecule has 1 N–H and O–H groups in total. The maximum Gasteiger partial charge on any atom is 0.410 e. The largest absolute Gasteiger partial charge is 0.444 e. The molecule has 1 amide bonds. The molecule has 4 heteroatoms. The molecule has 0 bridgehead atoms. The minimum absolute atomic E-state index is 0.270. The number of hydrogen-bond donors (Lipinski definition) is 1. The Morgan fingerprint density at radius 3 is 2.81 bits per heavy atom. The van der Waals surface area contributed by atoms with Gasteiger partial charge in [-0.3, -0.25) is 0 Å². The van der Waals surface area contributed by atoms with Crippen LogP contribution in [-0.4, -0.2) is 40.9 Å². The smallest absolute Gasteiger partial charge is 0.410 e. The van der Waals surface area contributed by atoms with Crippen molar-refractivity contribution in [1.29, 1.82) is 0 Å². The van der Waals surface area contributed by atoms with Crippen LogP contribution in [0.25, 0.3) is 0 Å². The van der Waals surface area contributed by atoms with Crippen molar-refractivity contribution in [2.75, 3.05) is 13.1 Å². The Balaban J connectivity index is 2.66. The van der Waals surface area contributed by atoms with Gasteiger partial charge in [0.2, 0.25) is 0 Å². The van der Waals surface area contributed by atoms with Crippen LogP contribution in [0.5, 0.6) is 0 Å². The van der Waals surface area contributed by atoms with Crippen LogP contribution in [0.3, 0.4) is 0 Å². The van der Waals surface area contributed by atoms with Crippen LogP contribution in [-0.2, 0) is 4.74 Å². The van der Waals surface area contributed by atoms with Crippen LogP contribution in [0.15, 0.2) is 24.3 Å². The van der Waals surface area contributed by atoms with E-state index >= 15 is 0 Å². The number of rotatable bonds is 1. The summed E-state index contributed by atoms with van der Waals surface area (Å²) in [6.07, 6.45) is 2.29. The molecule has 16 heavy (non-hydrogen) atoms. The summed E-state index contributed by atoms with van der Waals surface area (Å²) in [5.74, 6) is 0. The third kappa shape index (κ3) is 3.70. The Bertz CT molecular complexity index is 315. The van der Waals surface area contributed by atoms with Crippen LogP contribution in [0.1, 0.15) is 20.8 Å². The van der Waals surface area contributed by atoms with Crippen molar-refractivity contribution in [2.45, 2.75) is 32.5 Å². The lowest BCUT2D eigenvalue weighted by Crippen LogP contribution is -2.44. The minimum atomic E-state index is -0.644. The number of carbonyl (C=O) groups is 1. The molecule has 1 atom stereocenters. The van der Waals surface area contributed by atoms with Crippen LogP contribution >= 0.6 is 0 Å². The SMILES string of the molecule is C=CC1=CC(O)CN(C(=O)OC(C)(C)C)C1. The highest BCUT2D eigenvalue weighted by atomic mass is 16.6. The zero-order valence-electron chi connectivity index (χ0n) is 10.1. The van der Waals surface area contributed by atoms with Crippen molar-refractivity contribution >= 4 is 6.09 Å². The van der Waals surface area contributed by atoms with E-state index in [9.17, 15) is 9.90 Å². The highest BCUT2D eigenvalue weighted by molar-refractivity contribution is 5.69. The van der Waals surface area contributed by atoms with Crippen molar-refractivity contribution < 1.29 is 14.6 Å². The van der Waals surface area contributed by atoms with Gasteiger partial charge in [0.25, 0.3) is 0 Å². The maximum absolute atomic E-state index is 11.8. The highest BCUT2D eigenvalue weighted by Crippen LogP contribution is 2.15. The zero-order valence-corrected chi connectivity index (χ0v) is 10.1. The van der Waals surface area contributed by atoms with Gasteiger partial charge in [0.1, 0.15) is 5.60 Å². The van der Waals surface area contributed by atoms with E-state index in [1.165, 1.54) is 4.90 Å². The normalized spacial score (nSPS) is 21.4. The summed E-state index contributed by atoms with van der Waals surface area (Å²) >= 11 is 0. The van der Waals surface area contributed by atoms with Gasteiger partial charge in [-0.2, -0.15) is 0 Å². The second-order valence-electron chi connectivity index (χ2n) is 4.87. The van der Waals surface area contributed by atoms with Gasteiger partial charge in [0.15, 0.2) is 0 Å². The third-order valence-electron chi connectivity index (χ3n) is 2.10. The van der Waals surface area contributed by atoms with Gasteiger partial charge in [-0.1, -0.05) is 12.7 Å². The first-order valence-electron chi connectivity index (χ1n) is 5.31. The fourth-order valence-electron chi connectivity index (χ4n) is 1.46. The molecule has 1 heterocycles. The number of aliphatic hydroxyl groups is 1. The van der Waals surface area contributed by atoms with E-state index in [-0.39, 0.29) is 6.54 Å². The monoisotopic (exact) mass is 225 g/mol. The average Bonchev–Trinajstić information content (AvgIpc) is 2.14. The van der Waals surface area contributed by atoms with E-state index in [1.54, 1.807) is 12.2 Å². The van der Waals surface area contributed by atoms with Crippen molar-refractivity contribution in [3.8, 4) is 0 Å². The summed E-state index contributed by atoms with van der Waals surface area (Å²) in [4.78, 5) is 13.2. The first-order valence-corrected chi connectivity index (χ1v) is 5.31. The number of hydrogen-bond acceptors (Lipinski definition) is 3. The highest BCUT2D eigenvalue weighted by Gasteiger charge is 2.26. The lowest BCUT2D eigenvalue weighted by Gasteiger charge is -2.31. The second-order valence-corrected chi connectivity index (χ2v) is 4.87. The third-order valence-corrected chi connectivity index (χ3v) is 2.10. The Labute approximate surface area is 96.2 Å². The van der Waals surface area contributed by atoms with E-state index < -0.39 is 17.8 Å². The number of carbonyl (C=O) groups excluding carboxylic acids is 1. The first-order chi connectivity index (χ1) is 7.31. The molecule has 0 saturated heterocycles. The van der Waals surface area contributed by atoms with E-state index in [4.69, 9.17) is 4.74 Å². The molecule has 1 rings (SSSR count). The molecule has 0 radical (unpaired) electrons. The molecule has 4 nitrogen and oxygen atoms in total. The molecule has 0 aliphatic carbocycles. The summed E-state index contributed by atoms with van der Waals surface area (Å²) < 4.78 is 5.23. The number of aliphatic hydroxyl groups excluding tert-OH is 1. The standard InChI is InChI=1S/C12H19NO3/c1-5-9-6-10(14)8-13(7-9)11(15)16-12(2,3)4/h5-6,10,14H,1,7-8H2,2-4H3. The second kappa shape index (κ2) is 4.70. The number of ether oxygens (including phenoxy) is 1. The van der Waals surface area contributed by atoms with E-state index in [0.717, 1.165) is 5.57 Å². The van der Waals surface area contributed by atoms with E-state index in [0.29, 0.717) is 6.54 Å². The first kappa shape index (κ1) is 12.8. The predicted molar refractivity (Wildman–Crippen MR) is 62.1 cm³/mol. The van der Waals surface area contributed by atoms with Crippen molar-refractivity contribution in [2.24, 2.45) is 0 Å². The van der Waals surface area contributed by atoms with Gasteiger partial charge in [-0.25, -0.2) is 4.79 Å². The number of β-amino-alcohol motifs (C(OH)–C–C–N with tert-alkyl or cyclic N) is 1. The van der Waals surface area contributed by atoms with Crippen LogP contribution in [0, 0.1) is 0 Å². The Morgan fingerprint density at radius 1 is 1.69 bits per heavy atom. The molecule has 0 aromatic carbocycles. The van der Waals surface area contributed by atoms with Gasteiger partial charge in [0.05, 0.1) is 12.6 Å². The summed E-state index contributed by atoms with van der Waals surface area (Å²) in [5, 5.41) is 9.55. The van der Waals surface area contributed by atoms with Crippen molar-refractivity contribution in [1.82, 2.24) is 4.90 Å². The average molecular weight is 225 g/mol. The summed E-state index contributed by atoms with van der Waals surface area (Å²) in [5.41, 5.74) is 0.321. The lowest BCUT2D eigenvalue weighted by atomic mass is 10.1. The molecule has 0 spiro atoms. The van der Waals surface area contributed by atoms with E-state index in [2.05, 4.69) is 6.58 Å². The number of nitrogens with zero attached hydrogens (tertiary/aromatic N) is 1. The summed E-state index contributed by atoms with van der Waals surface area (Å²) in [6.45, 7) is 9.78. The van der Waals surface area contributed by atoms with Gasteiger partial charge in [-0.15, -0.1) is 0 Å². The lowest BCUT2D eigenvalue weighted by molar-refractivity contribution is 0.0183.